The Morgan fingerprint density at radius 2 is 2.25 bits per heavy atom. The molecule has 0 bridgehead atoms. The molecule has 1 unspecified atom stereocenters. The smallest absolute Gasteiger partial charge is 0.227 e. The lowest BCUT2D eigenvalue weighted by Gasteiger charge is -2.19. The van der Waals surface area contributed by atoms with Gasteiger partial charge in [-0.2, -0.15) is 0 Å². The predicted octanol–water partition coefficient (Wildman–Crippen LogP) is 2.24. The van der Waals surface area contributed by atoms with E-state index in [0.717, 1.165) is 48.5 Å². The van der Waals surface area contributed by atoms with Crippen molar-refractivity contribution in [3.05, 3.63) is 48.3 Å². The van der Waals surface area contributed by atoms with Gasteiger partial charge in [0.1, 0.15) is 5.82 Å². The lowest BCUT2D eigenvalue weighted by molar-refractivity contribution is -0.124. The molecule has 1 amide bonds. The highest BCUT2D eigenvalue weighted by Gasteiger charge is 2.23. The zero-order chi connectivity index (χ0) is 16.5. The summed E-state index contributed by atoms with van der Waals surface area (Å²) in [5, 5.41) is 6.41. The van der Waals surface area contributed by atoms with Crippen LogP contribution in [0.1, 0.15) is 18.7 Å². The first-order chi connectivity index (χ1) is 11.7. The Morgan fingerprint density at radius 1 is 1.38 bits per heavy atom. The van der Waals surface area contributed by atoms with Gasteiger partial charge in [0.15, 0.2) is 0 Å². The van der Waals surface area contributed by atoms with Crippen molar-refractivity contribution in [3.8, 4) is 0 Å². The van der Waals surface area contributed by atoms with E-state index in [1.165, 1.54) is 0 Å². The molecule has 2 aliphatic rings. The minimum absolute atomic E-state index is 0.0792. The summed E-state index contributed by atoms with van der Waals surface area (Å²) in [5.41, 5.74) is 3.19. The maximum atomic E-state index is 12.4. The molecular formula is C19H22N4O. The van der Waals surface area contributed by atoms with E-state index in [9.17, 15) is 4.79 Å². The van der Waals surface area contributed by atoms with Crippen molar-refractivity contribution < 1.29 is 4.79 Å². The van der Waals surface area contributed by atoms with Crippen molar-refractivity contribution in [2.75, 3.05) is 13.1 Å². The van der Waals surface area contributed by atoms with Crippen LogP contribution in [0.3, 0.4) is 0 Å². The van der Waals surface area contributed by atoms with Crippen LogP contribution >= 0.6 is 0 Å². The van der Waals surface area contributed by atoms with Crippen molar-refractivity contribution in [2.24, 2.45) is 5.92 Å². The number of carbonyl (C=O) groups is 1. The molecule has 1 aromatic carbocycles. The highest BCUT2D eigenvalue weighted by molar-refractivity contribution is 5.85. The van der Waals surface area contributed by atoms with Crippen molar-refractivity contribution in [1.82, 2.24) is 20.2 Å². The van der Waals surface area contributed by atoms with Crippen LogP contribution in [0, 0.1) is 12.8 Å². The van der Waals surface area contributed by atoms with Crippen LogP contribution < -0.4 is 10.6 Å². The number of benzene rings is 1. The average Bonchev–Trinajstić information content (AvgIpc) is 3.21. The Balaban J connectivity index is 1.51. The van der Waals surface area contributed by atoms with Gasteiger partial charge in [0.2, 0.25) is 5.91 Å². The molecule has 0 saturated carbocycles. The fourth-order valence-electron chi connectivity index (χ4n) is 3.53. The Kier molecular flexibility index (Phi) is 3.94. The largest absolute Gasteiger partial charge is 0.352 e. The van der Waals surface area contributed by atoms with E-state index in [2.05, 4.69) is 32.3 Å². The standard InChI is InChI=1S/C19H22N4O/c1-13-21-17-4-2-3-5-18(17)23(13)16-8-6-14(7-9-16)19(24)22-15-10-11-20-12-15/h2-6,8-9,14-15,20H,7,10-12H2,1H3,(H,22,24)/t14?,15-/m1/s1. The Hall–Kier alpha value is -2.40. The lowest BCUT2D eigenvalue weighted by atomic mass is 9.97. The van der Waals surface area contributed by atoms with Gasteiger partial charge in [-0.05, 0) is 44.5 Å². The molecule has 5 heteroatoms. The summed E-state index contributed by atoms with van der Waals surface area (Å²) in [4.78, 5) is 17.0. The first kappa shape index (κ1) is 15.1. The molecule has 124 valence electrons. The third-order valence-electron chi connectivity index (χ3n) is 4.81. The second-order valence-electron chi connectivity index (χ2n) is 6.51. The average molecular weight is 322 g/mol. The van der Waals surface area contributed by atoms with Gasteiger partial charge >= 0.3 is 0 Å². The van der Waals surface area contributed by atoms with Gasteiger partial charge in [0.05, 0.1) is 17.0 Å². The Labute approximate surface area is 141 Å². The Morgan fingerprint density at radius 3 is 3.00 bits per heavy atom. The molecule has 2 N–H and O–H groups in total. The van der Waals surface area contributed by atoms with Gasteiger partial charge < -0.3 is 10.6 Å². The van der Waals surface area contributed by atoms with Gasteiger partial charge in [-0.15, -0.1) is 0 Å². The van der Waals surface area contributed by atoms with Crippen molar-refractivity contribution in [3.63, 3.8) is 0 Å². The van der Waals surface area contributed by atoms with E-state index in [1.54, 1.807) is 0 Å². The SMILES string of the molecule is Cc1nc2ccccc2n1C1=CCC(C(=O)N[C@@H]2CCNC2)C=C1. The van der Waals surface area contributed by atoms with Crippen LogP contribution in [0.4, 0.5) is 0 Å². The van der Waals surface area contributed by atoms with E-state index < -0.39 is 0 Å². The molecule has 1 aromatic heterocycles. The summed E-state index contributed by atoms with van der Waals surface area (Å²) in [6, 6.07) is 8.41. The second kappa shape index (κ2) is 6.24. The summed E-state index contributed by atoms with van der Waals surface area (Å²) >= 11 is 0. The summed E-state index contributed by atoms with van der Waals surface area (Å²) in [7, 11) is 0. The number of fused-ring (bicyclic) bond motifs is 1. The summed E-state index contributed by atoms with van der Waals surface area (Å²) in [6.07, 6.45) is 7.94. The highest BCUT2D eigenvalue weighted by atomic mass is 16.1. The molecule has 1 aliphatic carbocycles. The number of hydrogen-bond acceptors (Lipinski definition) is 3. The zero-order valence-corrected chi connectivity index (χ0v) is 13.8. The van der Waals surface area contributed by atoms with Crippen molar-refractivity contribution >= 4 is 22.6 Å². The number of nitrogens with one attached hydrogen (secondary N) is 2. The predicted molar refractivity (Wildman–Crippen MR) is 95.4 cm³/mol. The summed E-state index contributed by atoms with van der Waals surface area (Å²) in [6.45, 7) is 3.88. The van der Waals surface area contributed by atoms with Crippen molar-refractivity contribution in [1.29, 1.82) is 0 Å². The number of aryl methyl sites for hydroxylation is 1. The van der Waals surface area contributed by atoms with Gasteiger partial charge in [-0.1, -0.05) is 24.3 Å². The van der Waals surface area contributed by atoms with E-state index in [4.69, 9.17) is 0 Å². The number of carbonyl (C=O) groups excluding carboxylic acids is 1. The third-order valence-corrected chi connectivity index (χ3v) is 4.81. The second-order valence-corrected chi connectivity index (χ2v) is 6.51. The number of hydrogen-bond donors (Lipinski definition) is 2. The van der Waals surface area contributed by atoms with Crippen molar-refractivity contribution in [2.45, 2.75) is 25.8 Å². The number of nitrogens with zero attached hydrogens (tertiary/aromatic N) is 2. The molecule has 4 rings (SSSR count). The third kappa shape index (κ3) is 2.76. The maximum absolute atomic E-state index is 12.4. The zero-order valence-electron chi connectivity index (χ0n) is 13.8. The first-order valence-corrected chi connectivity index (χ1v) is 8.56. The fraction of sp³-hybridized carbons (Fsp3) is 0.368. The van der Waals surface area contributed by atoms with E-state index in [0.29, 0.717) is 0 Å². The minimum Gasteiger partial charge on any atom is -0.352 e. The normalized spacial score (nSPS) is 23.5. The molecule has 0 radical (unpaired) electrons. The van der Waals surface area contributed by atoms with Crippen LogP contribution in [-0.4, -0.2) is 34.6 Å². The molecular weight excluding hydrogens is 300 g/mol. The monoisotopic (exact) mass is 322 g/mol. The number of para-hydroxylation sites is 2. The Bertz CT molecular complexity index is 827. The van der Waals surface area contributed by atoms with Crippen LogP contribution in [0.25, 0.3) is 16.7 Å². The number of allylic oxidation sites excluding steroid dienone is 3. The number of aromatic nitrogens is 2. The van der Waals surface area contributed by atoms with E-state index in [-0.39, 0.29) is 17.9 Å². The molecule has 1 aliphatic heterocycles. The first-order valence-electron chi connectivity index (χ1n) is 8.56. The topological polar surface area (TPSA) is 59.0 Å². The maximum Gasteiger partial charge on any atom is 0.227 e. The number of rotatable bonds is 3. The number of imidazole rings is 1. The molecule has 1 fully saturated rings. The molecule has 2 atom stereocenters. The highest BCUT2D eigenvalue weighted by Crippen LogP contribution is 2.26. The van der Waals surface area contributed by atoms with Gasteiger partial charge in [0.25, 0.3) is 0 Å². The van der Waals surface area contributed by atoms with Crippen LogP contribution in [-0.2, 0) is 4.79 Å². The quantitative estimate of drug-likeness (QED) is 0.911. The van der Waals surface area contributed by atoms with Crippen LogP contribution in [0.15, 0.2) is 42.5 Å². The van der Waals surface area contributed by atoms with Crippen LogP contribution in [0.2, 0.25) is 0 Å². The lowest BCUT2D eigenvalue weighted by Crippen LogP contribution is -2.39. The molecule has 0 spiro atoms. The molecule has 2 aromatic rings. The fourth-order valence-corrected chi connectivity index (χ4v) is 3.53. The van der Waals surface area contributed by atoms with E-state index >= 15 is 0 Å². The molecule has 2 heterocycles. The molecule has 1 saturated heterocycles. The molecule has 24 heavy (non-hydrogen) atoms. The summed E-state index contributed by atoms with van der Waals surface area (Å²) in [5.74, 6) is 1.01. The van der Waals surface area contributed by atoms with E-state index in [1.807, 2.05) is 37.3 Å². The van der Waals surface area contributed by atoms with Crippen LogP contribution in [0.5, 0.6) is 0 Å². The van der Waals surface area contributed by atoms with Gasteiger partial charge in [-0.25, -0.2) is 4.98 Å². The number of amides is 1. The minimum atomic E-state index is -0.0792. The summed E-state index contributed by atoms with van der Waals surface area (Å²) < 4.78 is 2.15. The molecule has 5 nitrogen and oxygen atoms in total. The van der Waals surface area contributed by atoms with Gasteiger partial charge in [0, 0.05) is 18.3 Å². The van der Waals surface area contributed by atoms with Gasteiger partial charge in [-0.3, -0.25) is 9.36 Å².